The molecule has 0 spiro atoms. The standard InChI is InChI=1S/C12H17FN2OS/c1-8-7-9(3-4-10(8)13)11(12(14)17)15(2)5-6-16/h3-4,7,11,16H,5-6H2,1-2H3,(H2,14,17). The highest BCUT2D eigenvalue weighted by Crippen LogP contribution is 2.21. The number of aliphatic hydroxyl groups excluding tert-OH is 1. The molecule has 3 N–H and O–H groups in total. The molecule has 0 radical (unpaired) electrons. The lowest BCUT2D eigenvalue weighted by Crippen LogP contribution is -2.35. The predicted octanol–water partition coefficient (Wildman–Crippen LogP) is 1.39. The molecule has 17 heavy (non-hydrogen) atoms. The van der Waals surface area contributed by atoms with Gasteiger partial charge in [-0.3, -0.25) is 4.90 Å². The van der Waals surface area contributed by atoms with Gasteiger partial charge in [-0.2, -0.15) is 0 Å². The zero-order valence-electron chi connectivity index (χ0n) is 9.98. The van der Waals surface area contributed by atoms with Crippen molar-refractivity contribution in [2.45, 2.75) is 13.0 Å². The molecule has 3 nitrogen and oxygen atoms in total. The second-order valence-electron chi connectivity index (χ2n) is 4.02. The van der Waals surface area contributed by atoms with Gasteiger partial charge in [-0.25, -0.2) is 4.39 Å². The van der Waals surface area contributed by atoms with Crippen LogP contribution in [-0.2, 0) is 0 Å². The summed E-state index contributed by atoms with van der Waals surface area (Å²) in [6.45, 7) is 2.18. The maximum absolute atomic E-state index is 13.2. The van der Waals surface area contributed by atoms with Gasteiger partial charge in [-0.05, 0) is 31.2 Å². The number of halogens is 1. The number of rotatable bonds is 5. The van der Waals surface area contributed by atoms with E-state index in [1.807, 2.05) is 11.9 Å². The molecule has 0 aliphatic heterocycles. The minimum absolute atomic E-state index is 0.0236. The normalized spacial score (nSPS) is 12.8. The van der Waals surface area contributed by atoms with E-state index in [1.165, 1.54) is 6.07 Å². The van der Waals surface area contributed by atoms with Gasteiger partial charge in [0.2, 0.25) is 0 Å². The molecular weight excluding hydrogens is 239 g/mol. The van der Waals surface area contributed by atoms with E-state index in [4.69, 9.17) is 23.1 Å². The summed E-state index contributed by atoms with van der Waals surface area (Å²) in [6.07, 6.45) is 0. The van der Waals surface area contributed by atoms with Crippen molar-refractivity contribution in [3.8, 4) is 0 Å². The maximum atomic E-state index is 13.2. The molecule has 0 aliphatic rings. The number of likely N-dealkylation sites (N-methyl/N-ethyl adjacent to an activating group) is 1. The Kier molecular flexibility index (Phi) is 4.99. The van der Waals surface area contributed by atoms with E-state index >= 15 is 0 Å². The van der Waals surface area contributed by atoms with Crippen LogP contribution in [0.3, 0.4) is 0 Å². The summed E-state index contributed by atoms with van der Waals surface area (Å²) in [5.41, 5.74) is 7.10. The molecule has 0 amide bonds. The monoisotopic (exact) mass is 256 g/mol. The molecular formula is C12H17FN2OS. The van der Waals surface area contributed by atoms with Crippen LogP contribution in [0.4, 0.5) is 4.39 Å². The van der Waals surface area contributed by atoms with Gasteiger partial charge in [-0.1, -0.05) is 24.4 Å². The Morgan fingerprint density at radius 2 is 2.24 bits per heavy atom. The fraction of sp³-hybridized carbons (Fsp3) is 0.417. The number of thiocarbonyl (C=S) groups is 1. The lowest BCUT2D eigenvalue weighted by atomic mass is 10.0. The van der Waals surface area contributed by atoms with E-state index in [1.54, 1.807) is 19.1 Å². The van der Waals surface area contributed by atoms with Gasteiger partial charge in [0.1, 0.15) is 5.82 Å². The van der Waals surface area contributed by atoms with E-state index in [0.29, 0.717) is 17.1 Å². The third-order valence-corrected chi connectivity index (χ3v) is 2.88. The topological polar surface area (TPSA) is 49.5 Å². The van der Waals surface area contributed by atoms with Crippen molar-refractivity contribution < 1.29 is 9.50 Å². The van der Waals surface area contributed by atoms with Crippen molar-refractivity contribution in [3.05, 3.63) is 35.1 Å². The van der Waals surface area contributed by atoms with Crippen molar-refractivity contribution in [1.29, 1.82) is 0 Å². The Balaban J connectivity index is 3.05. The minimum atomic E-state index is -0.281. The number of hydrogen-bond donors (Lipinski definition) is 2. The van der Waals surface area contributed by atoms with Gasteiger partial charge in [-0.15, -0.1) is 0 Å². The number of benzene rings is 1. The minimum Gasteiger partial charge on any atom is -0.395 e. The molecule has 0 aliphatic carbocycles. The molecule has 1 aromatic rings. The summed E-state index contributed by atoms with van der Waals surface area (Å²) < 4.78 is 13.2. The lowest BCUT2D eigenvalue weighted by Gasteiger charge is -2.27. The Hall–Kier alpha value is -1.04. The fourth-order valence-electron chi connectivity index (χ4n) is 1.76. The number of nitrogens with two attached hydrogens (primary N) is 1. The highest BCUT2D eigenvalue weighted by Gasteiger charge is 2.20. The number of aryl methyl sites for hydroxylation is 1. The van der Waals surface area contributed by atoms with Crippen LogP contribution < -0.4 is 5.73 Å². The molecule has 1 rings (SSSR count). The number of aliphatic hydroxyl groups is 1. The first kappa shape index (κ1) is 14.0. The van der Waals surface area contributed by atoms with Gasteiger partial charge in [0.25, 0.3) is 0 Å². The summed E-state index contributed by atoms with van der Waals surface area (Å²) in [5, 5.41) is 8.93. The fourth-order valence-corrected chi connectivity index (χ4v) is 2.08. The first-order valence-electron chi connectivity index (χ1n) is 5.34. The van der Waals surface area contributed by atoms with Crippen molar-refractivity contribution in [3.63, 3.8) is 0 Å². The molecule has 0 aromatic heterocycles. The quantitative estimate of drug-likeness (QED) is 0.782. The summed E-state index contributed by atoms with van der Waals surface area (Å²) in [7, 11) is 1.82. The molecule has 1 aromatic carbocycles. The molecule has 0 saturated carbocycles. The van der Waals surface area contributed by atoms with Crippen LogP contribution in [0.1, 0.15) is 17.2 Å². The molecule has 1 atom stereocenters. The van der Waals surface area contributed by atoms with E-state index < -0.39 is 0 Å². The van der Waals surface area contributed by atoms with E-state index in [0.717, 1.165) is 5.56 Å². The molecule has 0 fully saturated rings. The smallest absolute Gasteiger partial charge is 0.126 e. The highest BCUT2D eigenvalue weighted by molar-refractivity contribution is 7.80. The van der Waals surface area contributed by atoms with E-state index in [9.17, 15) is 4.39 Å². The van der Waals surface area contributed by atoms with Gasteiger partial charge < -0.3 is 10.8 Å². The Labute approximate surface area is 106 Å². The molecule has 0 heterocycles. The van der Waals surface area contributed by atoms with Gasteiger partial charge in [0.15, 0.2) is 0 Å². The Bertz CT molecular complexity index is 411. The average Bonchev–Trinajstić information content (AvgIpc) is 2.23. The van der Waals surface area contributed by atoms with Crippen molar-refractivity contribution in [2.75, 3.05) is 20.2 Å². The van der Waals surface area contributed by atoms with Crippen LogP contribution in [0.5, 0.6) is 0 Å². The van der Waals surface area contributed by atoms with Crippen LogP contribution in [-0.4, -0.2) is 35.2 Å². The van der Waals surface area contributed by atoms with Crippen LogP contribution in [0, 0.1) is 12.7 Å². The lowest BCUT2D eigenvalue weighted by molar-refractivity contribution is 0.207. The second kappa shape index (κ2) is 6.05. The largest absolute Gasteiger partial charge is 0.395 e. The number of nitrogens with zero attached hydrogens (tertiary/aromatic N) is 1. The Morgan fingerprint density at radius 1 is 1.59 bits per heavy atom. The van der Waals surface area contributed by atoms with Gasteiger partial charge in [0, 0.05) is 6.54 Å². The van der Waals surface area contributed by atoms with Crippen molar-refractivity contribution in [2.24, 2.45) is 5.73 Å². The zero-order chi connectivity index (χ0) is 13.0. The molecule has 5 heteroatoms. The third kappa shape index (κ3) is 3.46. The van der Waals surface area contributed by atoms with Gasteiger partial charge >= 0.3 is 0 Å². The molecule has 1 unspecified atom stereocenters. The summed E-state index contributed by atoms with van der Waals surface area (Å²) >= 11 is 5.03. The second-order valence-corrected chi connectivity index (χ2v) is 4.49. The van der Waals surface area contributed by atoms with Gasteiger partial charge in [0.05, 0.1) is 17.6 Å². The first-order chi connectivity index (χ1) is 7.97. The van der Waals surface area contributed by atoms with Crippen molar-refractivity contribution >= 4 is 17.2 Å². The molecule has 0 saturated heterocycles. The van der Waals surface area contributed by atoms with Crippen LogP contribution in [0.2, 0.25) is 0 Å². The summed E-state index contributed by atoms with van der Waals surface area (Å²) in [6, 6.07) is 4.52. The van der Waals surface area contributed by atoms with Crippen LogP contribution in [0.25, 0.3) is 0 Å². The average molecular weight is 256 g/mol. The predicted molar refractivity (Wildman–Crippen MR) is 70.4 cm³/mol. The first-order valence-corrected chi connectivity index (χ1v) is 5.74. The summed E-state index contributed by atoms with van der Waals surface area (Å²) in [4.78, 5) is 2.15. The summed E-state index contributed by atoms with van der Waals surface area (Å²) in [5.74, 6) is -0.250. The third-order valence-electron chi connectivity index (χ3n) is 2.66. The molecule has 0 bridgehead atoms. The number of hydrogen-bond acceptors (Lipinski definition) is 3. The highest BCUT2D eigenvalue weighted by atomic mass is 32.1. The Morgan fingerprint density at radius 3 is 2.71 bits per heavy atom. The van der Waals surface area contributed by atoms with E-state index in [-0.39, 0.29) is 18.5 Å². The SMILES string of the molecule is Cc1cc(C(C(N)=S)N(C)CCO)ccc1F. The van der Waals surface area contributed by atoms with Crippen LogP contribution >= 0.6 is 12.2 Å². The van der Waals surface area contributed by atoms with Crippen molar-refractivity contribution in [1.82, 2.24) is 4.90 Å². The van der Waals surface area contributed by atoms with Crippen LogP contribution in [0.15, 0.2) is 18.2 Å². The zero-order valence-corrected chi connectivity index (χ0v) is 10.8. The molecule has 94 valence electrons. The maximum Gasteiger partial charge on any atom is 0.126 e. The van der Waals surface area contributed by atoms with E-state index in [2.05, 4.69) is 0 Å².